The van der Waals surface area contributed by atoms with Crippen LogP contribution in [0.1, 0.15) is 19.3 Å². The van der Waals surface area contributed by atoms with E-state index in [9.17, 15) is 8.42 Å². The number of hydrogen-bond acceptors (Lipinski definition) is 5. The van der Waals surface area contributed by atoms with Gasteiger partial charge in [0.25, 0.3) is 0 Å². The third-order valence-corrected chi connectivity index (χ3v) is 6.84. The minimum atomic E-state index is -3.56. The predicted octanol–water partition coefficient (Wildman–Crippen LogP) is 1.47. The van der Waals surface area contributed by atoms with E-state index in [2.05, 4.69) is 5.32 Å². The summed E-state index contributed by atoms with van der Waals surface area (Å²) in [4.78, 5) is 0.210. The number of methoxy groups -OCH3 is 2. The number of hydrogen-bond donors (Lipinski definition) is 1. The van der Waals surface area contributed by atoms with Gasteiger partial charge in [0.15, 0.2) is 0 Å². The molecule has 1 spiro atoms. The van der Waals surface area contributed by atoms with Crippen LogP contribution in [0.2, 0.25) is 0 Å². The summed E-state index contributed by atoms with van der Waals surface area (Å²) in [5.41, 5.74) is 0.0883. The Labute approximate surface area is 137 Å². The quantitative estimate of drug-likeness (QED) is 0.899. The summed E-state index contributed by atoms with van der Waals surface area (Å²) in [5.74, 6) is 0.905. The van der Waals surface area contributed by atoms with Gasteiger partial charge >= 0.3 is 0 Å². The van der Waals surface area contributed by atoms with Crippen LogP contribution in [0.3, 0.4) is 0 Å². The summed E-state index contributed by atoms with van der Waals surface area (Å²) in [7, 11) is -0.535. The molecule has 23 heavy (non-hydrogen) atoms. The molecule has 2 aliphatic heterocycles. The first kappa shape index (κ1) is 16.5. The Kier molecular flexibility index (Phi) is 4.53. The Morgan fingerprint density at radius 2 is 2.04 bits per heavy atom. The molecule has 0 saturated carbocycles. The van der Waals surface area contributed by atoms with E-state index in [1.54, 1.807) is 29.6 Å². The van der Waals surface area contributed by atoms with Crippen molar-refractivity contribution in [2.45, 2.75) is 24.2 Å². The largest absolute Gasteiger partial charge is 0.497 e. The summed E-state index contributed by atoms with van der Waals surface area (Å²) in [5, 5.41) is 3.40. The van der Waals surface area contributed by atoms with Crippen LogP contribution < -0.4 is 14.8 Å². The highest BCUT2D eigenvalue weighted by atomic mass is 32.2. The number of benzene rings is 1. The third kappa shape index (κ3) is 3.05. The number of nitrogens with one attached hydrogen (secondary N) is 1. The maximum atomic E-state index is 13.0. The van der Waals surface area contributed by atoms with Gasteiger partial charge in [-0.15, -0.1) is 0 Å². The van der Waals surface area contributed by atoms with Crippen molar-refractivity contribution in [2.75, 3.05) is 40.4 Å². The zero-order chi connectivity index (χ0) is 16.5. The molecule has 1 aromatic carbocycles. The maximum absolute atomic E-state index is 13.0. The fraction of sp³-hybridized carbons (Fsp3) is 0.625. The molecule has 2 aliphatic rings. The second kappa shape index (κ2) is 6.30. The highest BCUT2D eigenvalue weighted by Crippen LogP contribution is 2.40. The molecule has 1 aromatic rings. The summed E-state index contributed by atoms with van der Waals surface area (Å²) in [6.45, 7) is 3.08. The molecular formula is C16H24N2O4S. The summed E-state index contributed by atoms with van der Waals surface area (Å²) in [6, 6.07) is 4.83. The number of rotatable bonds is 4. The molecular weight excluding hydrogens is 316 g/mol. The van der Waals surface area contributed by atoms with E-state index < -0.39 is 10.0 Å². The highest BCUT2D eigenvalue weighted by Gasteiger charge is 2.44. The second-order valence-corrected chi connectivity index (χ2v) is 8.29. The maximum Gasteiger partial charge on any atom is 0.246 e. The van der Waals surface area contributed by atoms with Crippen molar-refractivity contribution in [3.63, 3.8) is 0 Å². The standard InChI is InChI=1S/C16H24N2O4S/c1-21-13-4-5-15(14(10-13)22-2)23(19,20)18-9-7-16(12-18)6-3-8-17-11-16/h4-5,10,17H,3,6-9,11-12H2,1-2H3/t16-/m1/s1. The lowest BCUT2D eigenvalue weighted by Gasteiger charge is -2.33. The Balaban J connectivity index is 1.87. The molecule has 3 rings (SSSR count). The van der Waals surface area contributed by atoms with Crippen molar-refractivity contribution < 1.29 is 17.9 Å². The average Bonchev–Trinajstić information content (AvgIpc) is 2.99. The van der Waals surface area contributed by atoms with Crippen LogP contribution in [0.25, 0.3) is 0 Å². The smallest absolute Gasteiger partial charge is 0.246 e. The number of sulfonamides is 1. The molecule has 2 saturated heterocycles. The van der Waals surface area contributed by atoms with E-state index in [1.165, 1.54) is 7.11 Å². The number of piperidine rings is 1. The second-order valence-electron chi connectivity index (χ2n) is 6.39. The van der Waals surface area contributed by atoms with Gasteiger partial charge in [-0.25, -0.2) is 8.42 Å². The minimum absolute atomic E-state index is 0.0883. The molecule has 0 radical (unpaired) electrons. The average molecular weight is 340 g/mol. The van der Waals surface area contributed by atoms with Crippen LogP contribution in [-0.2, 0) is 10.0 Å². The third-order valence-electron chi connectivity index (χ3n) is 4.95. The Bertz CT molecular complexity index is 669. The Morgan fingerprint density at radius 3 is 2.70 bits per heavy atom. The molecule has 2 fully saturated rings. The number of nitrogens with zero attached hydrogens (tertiary/aromatic N) is 1. The van der Waals surface area contributed by atoms with Gasteiger partial charge in [0.05, 0.1) is 14.2 Å². The predicted molar refractivity (Wildman–Crippen MR) is 87.5 cm³/mol. The van der Waals surface area contributed by atoms with Crippen molar-refractivity contribution in [3.8, 4) is 11.5 Å². The van der Waals surface area contributed by atoms with Gasteiger partial charge in [-0.1, -0.05) is 0 Å². The number of ether oxygens (including phenoxy) is 2. The van der Waals surface area contributed by atoms with E-state index in [4.69, 9.17) is 9.47 Å². The monoisotopic (exact) mass is 340 g/mol. The van der Waals surface area contributed by atoms with Gasteiger partial charge in [0.1, 0.15) is 16.4 Å². The first-order chi connectivity index (χ1) is 11.0. The minimum Gasteiger partial charge on any atom is -0.497 e. The lowest BCUT2D eigenvalue weighted by molar-refractivity contribution is 0.224. The van der Waals surface area contributed by atoms with Gasteiger partial charge in [0, 0.05) is 25.7 Å². The van der Waals surface area contributed by atoms with Crippen molar-refractivity contribution in [1.29, 1.82) is 0 Å². The zero-order valence-corrected chi connectivity index (χ0v) is 14.5. The van der Waals surface area contributed by atoms with Gasteiger partial charge in [-0.3, -0.25) is 0 Å². The fourth-order valence-electron chi connectivity index (χ4n) is 3.60. The lowest BCUT2D eigenvalue weighted by atomic mass is 9.80. The molecule has 1 N–H and O–H groups in total. The normalized spacial score (nSPS) is 25.7. The zero-order valence-electron chi connectivity index (χ0n) is 13.7. The molecule has 0 amide bonds. The van der Waals surface area contributed by atoms with Crippen LogP contribution in [0.15, 0.2) is 23.1 Å². The van der Waals surface area contributed by atoms with Gasteiger partial charge in [0.2, 0.25) is 10.0 Å². The van der Waals surface area contributed by atoms with Gasteiger partial charge in [-0.2, -0.15) is 4.31 Å². The molecule has 1 atom stereocenters. The van der Waals surface area contributed by atoms with E-state index in [1.807, 2.05) is 0 Å². The SMILES string of the molecule is COc1ccc(S(=O)(=O)N2CC[C@@]3(CCCNC3)C2)c(OC)c1. The summed E-state index contributed by atoms with van der Waals surface area (Å²) in [6.07, 6.45) is 3.11. The Hall–Kier alpha value is -1.31. The molecule has 0 bridgehead atoms. The van der Waals surface area contributed by atoms with E-state index in [-0.39, 0.29) is 10.3 Å². The molecule has 0 unspecified atom stereocenters. The molecule has 128 valence electrons. The van der Waals surface area contributed by atoms with E-state index in [0.29, 0.717) is 24.6 Å². The fourth-order valence-corrected chi connectivity index (χ4v) is 5.30. The summed E-state index contributed by atoms with van der Waals surface area (Å²) < 4.78 is 38.1. The molecule has 7 heteroatoms. The van der Waals surface area contributed by atoms with Crippen LogP contribution in [0.4, 0.5) is 0 Å². The first-order valence-corrected chi connectivity index (χ1v) is 9.38. The van der Waals surface area contributed by atoms with Gasteiger partial charge in [-0.05, 0) is 43.4 Å². The summed E-state index contributed by atoms with van der Waals surface area (Å²) >= 11 is 0. The molecule has 0 aromatic heterocycles. The van der Waals surface area contributed by atoms with Crippen LogP contribution in [0.5, 0.6) is 11.5 Å². The molecule has 6 nitrogen and oxygen atoms in total. The topological polar surface area (TPSA) is 67.9 Å². The van der Waals surface area contributed by atoms with E-state index >= 15 is 0 Å². The van der Waals surface area contributed by atoms with Crippen LogP contribution in [-0.4, -0.2) is 53.1 Å². The Morgan fingerprint density at radius 1 is 1.22 bits per heavy atom. The van der Waals surface area contributed by atoms with Crippen LogP contribution in [0, 0.1) is 5.41 Å². The van der Waals surface area contributed by atoms with E-state index in [0.717, 1.165) is 32.4 Å². The molecule has 2 heterocycles. The first-order valence-electron chi connectivity index (χ1n) is 7.94. The van der Waals surface area contributed by atoms with Crippen molar-refractivity contribution in [3.05, 3.63) is 18.2 Å². The highest BCUT2D eigenvalue weighted by molar-refractivity contribution is 7.89. The van der Waals surface area contributed by atoms with Crippen molar-refractivity contribution >= 4 is 10.0 Å². The lowest BCUT2D eigenvalue weighted by Crippen LogP contribution is -2.42. The molecule has 0 aliphatic carbocycles. The van der Waals surface area contributed by atoms with Crippen molar-refractivity contribution in [2.24, 2.45) is 5.41 Å². The van der Waals surface area contributed by atoms with Crippen LogP contribution >= 0.6 is 0 Å². The van der Waals surface area contributed by atoms with Crippen molar-refractivity contribution in [1.82, 2.24) is 9.62 Å². The van der Waals surface area contributed by atoms with Gasteiger partial charge < -0.3 is 14.8 Å².